The third kappa shape index (κ3) is 3.40. The molecule has 0 amide bonds. The highest BCUT2D eigenvalue weighted by molar-refractivity contribution is 7.80. The molecule has 1 unspecified atom stereocenters. The number of nitrogens with zero attached hydrogens (tertiary/aromatic N) is 1. The van der Waals surface area contributed by atoms with E-state index in [0.29, 0.717) is 11.0 Å². The molecule has 3 N–H and O–H groups in total. The van der Waals surface area contributed by atoms with Gasteiger partial charge >= 0.3 is 0 Å². The fourth-order valence-electron chi connectivity index (χ4n) is 2.01. The van der Waals surface area contributed by atoms with Crippen LogP contribution in [0.5, 0.6) is 0 Å². The zero-order chi connectivity index (χ0) is 12.4. The van der Waals surface area contributed by atoms with Gasteiger partial charge in [-0.1, -0.05) is 25.1 Å². The van der Waals surface area contributed by atoms with Crippen LogP contribution in [0.4, 0.5) is 5.82 Å². The number of pyridine rings is 1. The molecule has 92 valence electrons. The topological polar surface area (TPSA) is 50.9 Å². The number of thiocarbonyl (C=S) groups is 1. The summed E-state index contributed by atoms with van der Waals surface area (Å²) in [6, 6.07) is 4.30. The molecule has 1 heterocycles. The van der Waals surface area contributed by atoms with Gasteiger partial charge in [-0.25, -0.2) is 4.98 Å². The number of hydrogen-bond acceptors (Lipinski definition) is 3. The first-order valence-corrected chi connectivity index (χ1v) is 6.51. The van der Waals surface area contributed by atoms with Crippen LogP contribution in [-0.4, -0.2) is 16.0 Å². The fraction of sp³-hybridized carbons (Fsp3) is 0.538. The van der Waals surface area contributed by atoms with E-state index >= 15 is 0 Å². The van der Waals surface area contributed by atoms with Crippen LogP contribution in [0.25, 0.3) is 0 Å². The van der Waals surface area contributed by atoms with Gasteiger partial charge < -0.3 is 11.1 Å². The number of aryl methyl sites for hydroxylation is 1. The van der Waals surface area contributed by atoms with Gasteiger partial charge in [0.05, 0.1) is 5.56 Å². The summed E-state index contributed by atoms with van der Waals surface area (Å²) in [5.41, 5.74) is 7.52. The van der Waals surface area contributed by atoms with Crippen molar-refractivity contribution in [3.05, 3.63) is 23.4 Å². The summed E-state index contributed by atoms with van der Waals surface area (Å²) in [5, 5.41) is 3.43. The molecule has 1 fully saturated rings. The number of anilines is 1. The van der Waals surface area contributed by atoms with Crippen LogP contribution in [0.15, 0.2) is 12.1 Å². The molecule has 1 aromatic heterocycles. The molecule has 3 nitrogen and oxygen atoms in total. The third-order valence-corrected chi connectivity index (χ3v) is 3.29. The molecule has 0 aliphatic heterocycles. The van der Waals surface area contributed by atoms with E-state index in [0.717, 1.165) is 23.0 Å². The molecule has 1 saturated carbocycles. The highest BCUT2D eigenvalue weighted by atomic mass is 32.1. The van der Waals surface area contributed by atoms with Gasteiger partial charge in [-0.05, 0) is 38.3 Å². The summed E-state index contributed by atoms with van der Waals surface area (Å²) in [4.78, 5) is 4.88. The quantitative estimate of drug-likeness (QED) is 0.788. The molecule has 1 atom stereocenters. The Morgan fingerprint density at radius 2 is 2.29 bits per heavy atom. The standard InChI is InChI=1S/C13H19N3S/c1-8-3-6-11(12(14)17)13(15-8)16-9(2)7-10-4-5-10/h3,6,9-10H,4-5,7H2,1-2H3,(H2,14,17)(H,15,16). The maximum Gasteiger partial charge on any atom is 0.136 e. The number of nitrogens with two attached hydrogens (primary N) is 1. The first kappa shape index (κ1) is 12.3. The average molecular weight is 249 g/mol. The monoisotopic (exact) mass is 249 g/mol. The van der Waals surface area contributed by atoms with E-state index in [9.17, 15) is 0 Å². The third-order valence-electron chi connectivity index (χ3n) is 3.07. The number of rotatable bonds is 5. The van der Waals surface area contributed by atoms with Crippen molar-refractivity contribution in [1.82, 2.24) is 4.98 Å². The highest BCUT2D eigenvalue weighted by Gasteiger charge is 2.24. The molecule has 0 radical (unpaired) electrons. The van der Waals surface area contributed by atoms with Gasteiger partial charge in [0.1, 0.15) is 10.8 Å². The van der Waals surface area contributed by atoms with Gasteiger partial charge in [-0.2, -0.15) is 0 Å². The second-order valence-corrected chi connectivity index (χ2v) is 5.38. The van der Waals surface area contributed by atoms with Crippen LogP contribution >= 0.6 is 12.2 Å². The molecule has 1 aliphatic carbocycles. The lowest BCUT2D eigenvalue weighted by atomic mass is 10.1. The maximum absolute atomic E-state index is 5.71. The average Bonchev–Trinajstić information content (AvgIpc) is 3.00. The molecule has 2 rings (SSSR count). The van der Waals surface area contributed by atoms with Gasteiger partial charge in [0.15, 0.2) is 0 Å². The second-order valence-electron chi connectivity index (χ2n) is 4.94. The molecule has 0 spiro atoms. The normalized spacial score (nSPS) is 16.6. The molecular weight excluding hydrogens is 230 g/mol. The largest absolute Gasteiger partial charge is 0.389 e. The summed E-state index contributed by atoms with van der Waals surface area (Å²) in [5.74, 6) is 1.72. The number of nitrogens with one attached hydrogen (secondary N) is 1. The highest BCUT2D eigenvalue weighted by Crippen LogP contribution is 2.34. The van der Waals surface area contributed by atoms with Gasteiger partial charge in [-0.3, -0.25) is 0 Å². The molecule has 0 aromatic carbocycles. The fourth-order valence-corrected chi connectivity index (χ4v) is 2.18. The van der Waals surface area contributed by atoms with Crippen molar-refractivity contribution >= 4 is 23.0 Å². The zero-order valence-electron chi connectivity index (χ0n) is 10.4. The van der Waals surface area contributed by atoms with E-state index in [1.165, 1.54) is 19.3 Å². The molecule has 4 heteroatoms. The molecule has 0 saturated heterocycles. The maximum atomic E-state index is 5.71. The van der Waals surface area contributed by atoms with Gasteiger partial charge in [0, 0.05) is 11.7 Å². The van der Waals surface area contributed by atoms with Crippen molar-refractivity contribution in [3.8, 4) is 0 Å². The van der Waals surface area contributed by atoms with E-state index < -0.39 is 0 Å². The van der Waals surface area contributed by atoms with Crippen LogP contribution in [0.1, 0.15) is 37.4 Å². The van der Waals surface area contributed by atoms with Crippen molar-refractivity contribution in [3.63, 3.8) is 0 Å². The Balaban J connectivity index is 2.11. The van der Waals surface area contributed by atoms with Crippen molar-refractivity contribution in [2.45, 2.75) is 39.2 Å². The Kier molecular flexibility index (Phi) is 3.62. The van der Waals surface area contributed by atoms with Gasteiger partial charge in [-0.15, -0.1) is 0 Å². The minimum absolute atomic E-state index is 0.402. The van der Waals surface area contributed by atoms with Crippen molar-refractivity contribution < 1.29 is 0 Å². The van der Waals surface area contributed by atoms with Gasteiger partial charge in [0.25, 0.3) is 0 Å². The molecule has 1 aliphatic rings. The number of hydrogen-bond donors (Lipinski definition) is 2. The first-order valence-electron chi connectivity index (χ1n) is 6.10. The predicted octanol–water partition coefficient (Wildman–Crippen LogP) is 2.62. The summed E-state index contributed by atoms with van der Waals surface area (Å²) in [6.45, 7) is 4.16. The second kappa shape index (κ2) is 5.00. The Morgan fingerprint density at radius 3 is 2.88 bits per heavy atom. The summed E-state index contributed by atoms with van der Waals surface area (Å²) < 4.78 is 0. The van der Waals surface area contributed by atoms with Crippen molar-refractivity contribution in [1.29, 1.82) is 0 Å². The van der Waals surface area contributed by atoms with Crippen LogP contribution in [0, 0.1) is 12.8 Å². The molecule has 0 bridgehead atoms. The Labute approximate surface area is 108 Å². The molecular formula is C13H19N3S. The van der Waals surface area contributed by atoms with E-state index in [2.05, 4.69) is 17.2 Å². The number of aromatic nitrogens is 1. The lowest BCUT2D eigenvalue weighted by Gasteiger charge is -2.17. The minimum atomic E-state index is 0.402. The Hall–Kier alpha value is -1.16. The van der Waals surface area contributed by atoms with Crippen LogP contribution in [-0.2, 0) is 0 Å². The Bertz CT molecular complexity index is 427. The molecule has 1 aromatic rings. The van der Waals surface area contributed by atoms with Crippen LogP contribution < -0.4 is 11.1 Å². The van der Waals surface area contributed by atoms with Crippen LogP contribution in [0.3, 0.4) is 0 Å². The van der Waals surface area contributed by atoms with Crippen molar-refractivity contribution in [2.75, 3.05) is 5.32 Å². The van der Waals surface area contributed by atoms with Crippen molar-refractivity contribution in [2.24, 2.45) is 11.7 Å². The first-order chi connectivity index (χ1) is 8.06. The summed E-state index contributed by atoms with van der Waals surface area (Å²) in [7, 11) is 0. The summed E-state index contributed by atoms with van der Waals surface area (Å²) in [6.07, 6.45) is 3.94. The zero-order valence-corrected chi connectivity index (χ0v) is 11.2. The van der Waals surface area contributed by atoms with E-state index in [-0.39, 0.29) is 0 Å². The SMILES string of the molecule is Cc1ccc(C(N)=S)c(NC(C)CC2CC2)n1. The lowest BCUT2D eigenvalue weighted by Crippen LogP contribution is -2.21. The van der Waals surface area contributed by atoms with E-state index in [1.54, 1.807) is 0 Å². The van der Waals surface area contributed by atoms with E-state index in [1.807, 2.05) is 19.1 Å². The smallest absolute Gasteiger partial charge is 0.136 e. The molecule has 17 heavy (non-hydrogen) atoms. The van der Waals surface area contributed by atoms with Crippen LogP contribution in [0.2, 0.25) is 0 Å². The van der Waals surface area contributed by atoms with E-state index in [4.69, 9.17) is 18.0 Å². The minimum Gasteiger partial charge on any atom is -0.389 e. The summed E-state index contributed by atoms with van der Waals surface area (Å²) >= 11 is 5.04. The predicted molar refractivity (Wildman–Crippen MR) is 75.3 cm³/mol. The lowest BCUT2D eigenvalue weighted by molar-refractivity contribution is 0.640. The Morgan fingerprint density at radius 1 is 1.59 bits per heavy atom. The van der Waals surface area contributed by atoms with Gasteiger partial charge in [0.2, 0.25) is 0 Å².